The van der Waals surface area contributed by atoms with Crippen molar-refractivity contribution in [3.05, 3.63) is 28.2 Å². The molecule has 2 amide bonds. The van der Waals surface area contributed by atoms with E-state index in [-0.39, 0.29) is 12.5 Å². The first-order valence-electron chi connectivity index (χ1n) is 4.93. The van der Waals surface area contributed by atoms with E-state index in [0.717, 1.165) is 10.0 Å². The number of halogens is 1. The number of hydrazine groups is 1. The molecule has 0 aliphatic rings. The molecule has 5 nitrogen and oxygen atoms in total. The van der Waals surface area contributed by atoms with Crippen molar-refractivity contribution in [2.24, 2.45) is 0 Å². The number of benzene rings is 1. The topological polar surface area (TPSA) is 67.4 Å². The molecule has 0 radical (unpaired) electrons. The van der Waals surface area contributed by atoms with Gasteiger partial charge in [0, 0.05) is 6.92 Å². The molecule has 0 saturated heterocycles. The molecular weight excluding hydrogens is 288 g/mol. The van der Waals surface area contributed by atoms with E-state index in [1.165, 1.54) is 6.92 Å². The number of hydrogen-bond donors (Lipinski definition) is 2. The number of aryl methyl sites for hydroxylation is 1. The maximum atomic E-state index is 11.2. The van der Waals surface area contributed by atoms with Crippen LogP contribution in [0.5, 0.6) is 5.75 Å². The van der Waals surface area contributed by atoms with Gasteiger partial charge in [-0.1, -0.05) is 6.07 Å². The quantitative estimate of drug-likeness (QED) is 0.827. The molecule has 0 heterocycles. The molecule has 0 atom stereocenters. The van der Waals surface area contributed by atoms with Crippen molar-refractivity contribution in [3.63, 3.8) is 0 Å². The van der Waals surface area contributed by atoms with Gasteiger partial charge in [-0.3, -0.25) is 20.4 Å². The Morgan fingerprint density at radius 1 is 1.35 bits per heavy atom. The van der Waals surface area contributed by atoms with Crippen LogP contribution in [0.3, 0.4) is 0 Å². The lowest BCUT2D eigenvalue weighted by molar-refractivity contribution is -0.129. The third-order valence-electron chi connectivity index (χ3n) is 1.82. The van der Waals surface area contributed by atoms with Crippen LogP contribution in [0.15, 0.2) is 22.7 Å². The Balaban J connectivity index is 2.44. The van der Waals surface area contributed by atoms with Gasteiger partial charge in [0.2, 0.25) is 5.91 Å². The lowest BCUT2D eigenvalue weighted by Crippen LogP contribution is -2.42. The molecule has 2 N–H and O–H groups in total. The molecule has 0 spiro atoms. The molecule has 0 bridgehead atoms. The second kappa shape index (κ2) is 6.24. The maximum absolute atomic E-state index is 11.2. The van der Waals surface area contributed by atoms with Crippen LogP contribution in [0, 0.1) is 6.92 Å². The summed E-state index contributed by atoms with van der Waals surface area (Å²) in [5, 5.41) is 0. The summed E-state index contributed by atoms with van der Waals surface area (Å²) in [7, 11) is 0. The molecular formula is C11H13BrN2O3. The molecule has 0 fully saturated rings. The number of amides is 2. The third kappa shape index (κ3) is 4.86. The first-order chi connectivity index (χ1) is 7.99. The molecule has 0 unspecified atom stereocenters. The van der Waals surface area contributed by atoms with Crippen molar-refractivity contribution in [3.8, 4) is 5.75 Å². The Morgan fingerprint density at radius 2 is 2.06 bits per heavy atom. The van der Waals surface area contributed by atoms with Gasteiger partial charge in [-0.2, -0.15) is 0 Å². The summed E-state index contributed by atoms with van der Waals surface area (Å²) >= 11 is 3.33. The van der Waals surface area contributed by atoms with Crippen molar-refractivity contribution in [2.45, 2.75) is 13.8 Å². The number of carbonyl (C=O) groups excluding carboxylic acids is 2. The average molecular weight is 301 g/mol. The molecule has 92 valence electrons. The van der Waals surface area contributed by atoms with Crippen molar-refractivity contribution in [2.75, 3.05) is 6.61 Å². The third-order valence-corrected chi connectivity index (χ3v) is 2.44. The van der Waals surface area contributed by atoms with Gasteiger partial charge in [0.25, 0.3) is 5.91 Å². The molecule has 0 aliphatic heterocycles. The van der Waals surface area contributed by atoms with Gasteiger partial charge >= 0.3 is 0 Å². The van der Waals surface area contributed by atoms with Crippen LogP contribution < -0.4 is 15.6 Å². The van der Waals surface area contributed by atoms with Crippen molar-refractivity contribution >= 4 is 27.7 Å². The highest BCUT2D eigenvalue weighted by Crippen LogP contribution is 2.25. The fraction of sp³-hybridized carbons (Fsp3) is 0.273. The van der Waals surface area contributed by atoms with Gasteiger partial charge < -0.3 is 4.74 Å². The van der Waals surface area contributed by atoms with E-state index in [9.17, 15) is 9.59 Å². The largest absolute Gasteiger partial charge is 0.483 e. The molecule has 6 heteroatoms. The minimum absolute atomic E-state index is 0.165. The summed E-state index contributed by atoms with van der Waals surface area (Å²) in [6.07, 6.45) is 0. The summed E-state index contributed by atoms with van der Waals surface area (Å²) in [6, 6.07) is 5.54. The van der Waals surface area contributed by atoms with E-state index in [2.05, 4.69) is 26.8 Å². The highest BCUT2D eigenvalue weighted by atomic mass is 79.9. The minimum Gasteiger partial charge on any atom is -0.483 e. The number of rotatable bonds is 3. The molecule has 1 aromatic rings. The van der Waals surface area contributed by atoms with E-state index in [4.69, 9.17) is 4.74 Å². The van der Waals surface area contributed by atoms with Crippen molar-refractivity contribution in [1.82, 2.24) is 10.9 Å². The summed E-state index contributed by atoms with van der Waals surface area (Å²) in [5.74, 6) is -0.184. The predicted molar refractivity (Wildman–Crippen MR) is 66.3 cm³/mol. The van der Waals surface area contributed by atoms with Crippen molar-refractivity contribution < 1.29 is 14.3 Å². The second-order valence-corrected chi connectivity index (χ2v) is 4.31. The summed E-state index contributed by atoms with van der Waals surface area (Å²) < 4.78 is 6.06. The van der Waals surface area contributed by atoms with Gasteiger partial charge in [0.05, 0.1) is 4.47 Å². The van der Waals surface area contributed by atoms with E-state index >= 15 is 0 Å². The SMILES string of the molecule is CC(=O)NNC(=O)COc1ccc(C)cc1Br. The summed E-state index contributed by atoms with van der Waals surface area (Å²) in [4.78, 5) is 21.8. The maximum Gasteiger partial charge on any atom is 0.276 e. The zero-order chi connectivity index (χ0) is 12.8. The molecule has 0 aliphatic carbocycles. The summed E-state index contributed by atoms with van der Waals surface area (Å²) in [5.41, 5.74) is 5.47. The predicted octanol–water partition coefficient (Wildman–Crippen LogP) is 1.30. The molecule has 17 heavy (non-hydrogen) atoms. The lowest BCUT2D eigenvalue weighted by Gasteiger charge is -2.09. The van der Waals surface area contributed by atoms with E-state index < -0.39 is 5.91 Å². The first kappa shape index (κ1) is 13.5. The van der Waals surface area contributed by atoms with Gasteiger partial charge in [-0.15, -0.1) is 0 Å². The number of carbonyl (C=O) groups is 2. The highest BCUT2D eigenvalue weighted by Gasteiger charge is 2.05. The number of nitrogens with one attached hydrogen (secondary N) is 2. The standard InChI is InChI=1S/C11H13BrN2O3/c1-7-3-4-10(9(12)5-7)17-6-11(16)14-13-8(2)15/h3-5H,6H2,1-2H3,(H,13,15)(H,14,16). The van der Waals surface area contributed by atoms with E-state index in [0.29, 0.717) is 5.75 Å². The van der Waals surface area contributed by atoms with Gasteiger partial charge in [0.15, 0.2) is 6.61 Å². The van der Waals surface area contributed by atoms with Crippen LogP contribution in [0.25, 0.3) is 0 Å². The highest BCUT2D eigenvalue weighted by molar-refractivity contribution is 9.10. The van der Waals surface area contributed by atoms with Crippen molar-refractivity contribution in [1.29, 1.82) is 0 Å². The fourth-order valence-corrected chi connectivity index (χ4v) is 1.67. The van der Waals surface area contributed by atoms with Crippen LogP contribution in [0.4, 0.5) is 0 Å². The lowest BCUT2D eigenvalue weighted by atomic mass is 10.2. The average Bonchev–Trinajstić information content (AvgIpc) is 2.25. The Labute approximate surface area is 108 Å². The van der Waals surface area contributed by atoms with Crippen LogP contribution in [0.2, 0.25) is 0 Å². The Morgan fingerprint density at radius 3 is 2.65 bits per heavy atom. The molecule has 1 aromatic carbocycles. The number of ether oxygens (including phenoxy) is 1. The summed E-state index contributed by atoms with van der Waals surface area (Å²) in [6.45, 7) is 3.09. The first-order valence-corrected chi connectivity index (χ1v) is 5.72. The molecule has 0 aromatic heterocycles. The second-order valence-electron chi connectivity index (χ2n) is 3.45. The monoisotopic (exact) mass is 300 g/mol. The normalized spacial score (nSPS) is 9.59. The van der Waals surface area contributed by atoms with E-state index in [1.54, 1.807) is 6.07 Å². The minimum atomic E-state index is -0.423. The Kier molecular flexibility index (Phi) is 4.96. The van der Waals surface area contributed by atoms with Gasteiger partial charge in [-0.25, -0.2) is 0 Å². The van der Waals surface area contributed by atoms with Crippen LogP contribution >= 0.6 is 15.9 Å². The zero-order valence-corrected chi connectivity index (χ0v) is 11.1. The van der Waals surface area contributed by atoms with Crippen LogP contribution in [-0.2, 0) is 9.59 Å². The Hall–Kier alpha value is -1.56. The molecule has 1 rings (SSSR count). The zero-order valence-electron chi connectivity index (χ0n) is 9.54. The number of hydrogen-bond acceptors (Lipinski definition) is 3. The van der Waals surface area contributed by atoms with E-state index in [1.807, 2.05) is 19.1 Å². The van der Waals surface area contributed by atoms with Crippen LogP contribution in [0.1, 0.15) is 12.5 Å². The smallest absolute Gasteiger partial charge is 0.276 e. The Bertz CT molecular complexity index is 435. The molecule has 0 saturated carbocycles. The van der Waals surface area contributed by atoms with Gasteiger partial charge in [0.1, 0.15) is 5.75 Å². The van der Waals surface area contributed by atoms with Gasteiger partial charge in [-0.05, 0) is 40.5 Å². The fourth-order valence-electron chi connectivity index (χ4n) is 1.06. The van der Waals surface area contributed by atoms with Crippen LogP contribution in [-0.4, -0.2) is 18.4 Å².